The minimum Gasteiger partial charge on any atom is -0.394 e. The Labute approximate surface area is 104 Å². The lowest BCUT2D eigenvalue weighted by Gasteiger charge is -2.16. The van der Waals surface area contributed by atoms with Gasteiger partial charge in [0.2, 0.25) is 0 Å². The fourth-order valence-electron chi connectivity index (χ4n) is 1.39. The third-order valence-corrected chi connectivity index (χ3v) is 3.18. The number of nitrogens with two attached hydrogens (primary N) is 1. The molecule has 1 aromatic heterocycles. The number of halogens is 1. The van der Waals surface area contributed by atoms with Gasteiger partial charge in [0.15, 0.2) is 0 Å². The summed E-state index contributed by atoms with van der Waals surface area (Å²) >= 11 is 2.22. The molecule has 0 aliphatic rings. The standard InChI is InChI=1S/C10H18IN3O/c1-10(2,3)6-7-8(11)9(12)14(13-7)4-5-15/h15H,4-6,12H2,1-3H3. The number of anilines is 1. The van der Waals surface area contributed by atoms with Gasteiger partial charge in [0, 0.05) is 0 Å². The smallest absolute Gasteiger partial charge is 0.135 e. The van der Waals surface area contributed by atoms with Crippen molar-refractivity contribution in [2.75, 3.05) is 12.3 Å². The second kappa shape index (κ2) is 4.69. The number of aromatic nitrogens is 2. The number of aliphatic hydroxyl groups is 1. The molecule has 0 spiro atoms. The topological polar surface area (TPSA) is 64.1 Å². The highest BCUT2D eigenvalue weighted by molar-refractivity contribution is 14.1. The average molecular weight is 323 g/mol. The Hall–Kier alpha value is -0.300. The summed E-state index contributed by atoms with van der Waals surface area (Å²) in [6.07, 6.45) is 0.897. The van der Waals surface area contributed by atoms with Crippen LogP contribution in [0.1, 0.15) is 26.5 Å². The third-order valence-electron chi connectivity index (χ3n) is 2.01. The molecule has 1 aromatic rings. The minimum atomic E-state index is 0.0664. The predicted octanol–water partition coefficient (Wildman–Crippen LogP) is 1.65. The molecule has 4 nitrogen and oxygen atoms in total. The van der Waals surface area contributed by atoms with Crippen molar-refractivity contribution in [2.45, 2.75) is 33.7 Å². The van der Waals surface area contributed by atoms with Crippen LogP contribution in [0.4, 0.5) is 5.82 Å². The molecular weight excluding hydrogens is 305 g/mol. The third kappa shape index (κ3) is 3.34. The Morgan fingerprint density at radius 2 is 2.07 bits per heavy atom. The molecule has 0 atom stereocenters. The van der Waals surface area contributed by atoms with Gasteiger partial charge in [-0.05, 0) is 34.4 Å². The molecule has 0 saturated heterocycles. The Bertz CT molecular complexity index is 341. The van der Waals surface area contributed by atoms with E-state index in [2.05, 4.69) is 48.5 Å². The number of hydrogen-bond acceptors (Lipinski definition) is 3. The molecule has 1 heterocycles. The number of nitrogen functional groups attached to an aromatic ring is 1. The molecule has 0 aromatic carbocycles. The van der Waals surface area contributed by atoms with Crippen LogP contribution < -0.4 is 5.73 Å². The van der Waals surface area contributed by atoms with Crippen LogP contribution in [-0.2, 0) is 13.0 Å². The fraction of sp³-hybridized carbons (Fsp3) is 0.700. The van der Waals surface area contributed by atoms with E-state index >= 15 is 0 Å². The van der Waals surface area contributed by atoms with Gasteiger partial charge in [0.1, 0.15) is 5.82 Å². The molecule has 0 aliphatic carbocycles. The molecule has 0 amide bonds. The zero-order valence-electron chi connectivity index (χ0n) is 9.42. The van der Waals surface area contributed by atoms with Gasteiger partial charge in [-0.15, -0.1) is 0 Å². The highest BCUT2D eigenvalue weighted by Gasteiger charge is 2.19. The van der Waals surface area contributed by atoms with Crippen molar-refractivity contribution in [3.8, 4) is 0 Å². The Balaban J connectivity index is 2.95. The molecule has 0 aliphatic heterocycles. The minimum absolute atomic E-state index is 0.0664. The van der Waals surface area contributed by atoms with Crippen molar-refractivity contribution < 1.29 is 5.11 Å². The lowest BCUT2D eigenvalue weighted by Crippen LogP contribution is -2.11. The average Bonchev–Trinajstić information content (AvgIpc) is 2.32. The van der Waals surface area contributed by atoms with Crippen molar-refractivity contribution in [1.29, 1.82) is 0 Å². The lowest BCUT2D eigenvalue weighted by atomic mass is 9.91. The van der Waals surface area contributed by atoms with Crippen LogP contribution in [0.3, 0.4) is 0 Å². The van der Waals surface area contributed by atoms with Gasteiger partial charge >= 0.3 is 0 Å². The van der Waals surface area contributed by atoms with E-state index in [-0.39, 0.29) is 12.0 Å². The molecule has 1 rings (SSSR count). The maximum absolute atomic E-state index is 8.86. The molecule has 3 N–H and O–H groups in total. The number of rotatable bonds is 3. The SMILES string of the molecule is CC(C)(C)Cc1nn(CCO)c(N)c1I. The fourth-order valence-corrected chi connectivity index (χ4v) is 1.96. The van der Waals surface area contributed by atoms with Crippen LogP contribution in [0.25, 0.3) is 0 Å². The first-order valence-corrected chi connectivity index (χ1v) is 6.04. The van der Waals surface area contributed by atoms with Crippen LogP contribution >= 0.6 is 22.6 Å². The zero-order valence-corrected chi connectivity index (χ0v) is 11.6. The van der Waals surface area contributed by atoms with Gasteiger partial charge in [-0.25, -0.2) is 4.68 Å². The van der Waals surface area contributed by atoms with Crippen LogP contribution in [-0.4, -0.2) is 21.5 Å². The molecule has 0 saturated carbocycles. The summed E-state index contributed by atoms with van der Waals surface area (Å²) < 4.78 is 2.68. The van der Waals surface area contributed by atoms with Crippen LogP contribution in [0, 0.1) is 8.99 Å². The molecule has 0 radical (unpaired) electrons. The van der Waals surface area contributed by atoms with Crippen molar-refractivity contribution in [2.24, 2.45) is 5.41 Å². The Morgan fingerprint density at radius 1 is 1.47 bits per heavy atom. The van der Waals surface area contributed by atoms with Crippen molar-refractivity contribution in [3.05, 3.63) is 9.26 Å². The molecule has 86 valence electrons. The predicted molar refractivity (Wildman–Crippen MR) is 69.6 cm³/mol. The summed E-state index contributed by atoms with van der Waals surface area (Å²) in [6, 6.07) is 0. The van der Waals surface area contributed by atoms with E-state index in [1.165, 1.54) is 0 Å². The van der Waals surface area contributed by atoms with Gasteiger partial charge in [-0.1, -0.05) is 20.8 Å². The molecular formula is C10H18IN3O. The summed E-state index contributed by atoms with van der Waals surface area (Å²) in [4.78, 5) is 0. The van der Waals surface area contributed by atoms with Gasteiger partial charge in [0.05, 0.1) is 22.4 Å². The van der Waals surface area contributed by atoms with Gasteiger partial charge in [-0.2, -0.15) is 5.10 Å². The monoisotopic (exact) mass is 323 g/mol. The van der Waals surface area contributed by atoms with Crippen LogP contribution in [0.2, 0.25) is 0 Å². The van der Waals surface area contributed by atoms with Crippen LogP contribution in [0.5, 0.6) is 0 Å². The molecule has 0 bridgehead atoms. The van der Waals surface area contributed by atoms with Gasteiger partial charge < -0.3 is 10.8 Å². The first-order chi connectivity index (χ1) is 6.85. The van der Waals surface area contributed by atoms with Crippen molar-refractivity contribution >= 4 is 28.4 Å². The first-order valence-electron chi connectivity index (χ1n) is 4.96. The maximum Gasteiger partial charge on any atom is 0.135 e. The summed E-state index contributed by atoms with van der Waals surface area (Å²) in [5.41, 5.74) is 7.11. The largest absolute Gasteiger partial charge is 0.394 e. The summed E-state index contributed by atoms with van der Waals surface area (Å²) in [6.45, 7) is 7.04. The molecule has 15 heavy (non-hydrogen) atoms. The van der Waals surface area contributed by atoms with Crippen LogP contribution in [0.15, 0.2) is 0 Å². The van der Waals surface area contributed by atoms with Gasteiger partial charge in [-0.3, -0.25) is 0 Å². The van der Waals surface area contributed by atoms with Gasteiger partial charge in [0.25, 0.3) is 0 Å². The van der Waals surface area contributed by atoms with E-state index in [1.807, 2.05) is 0 Å². The quantitative estimate of drug-likeness (QED) is 0.832. The molecule has 0 fully saturated rings. The lowest BCUT2D eigenvalue weighted by molar-refractivity contribution is 0.269. The van der Waals surface area contributed by atoms with Crippen molar-refractivity contribution in [1.82, 2.24) is 9.78 Å². The zero-order chi connectivity index (χ0) is 11.6. The molecule has 0 unspecified atom stereocenters. The van der Waals surface area contributed by atoms with E-state index in [0.29, 0.717) is 12.4 Å². The van der Waals surface area contributed by atoms with E-state index in [4.69, 9.17) is 10.8 Å². The summed E-state index contributed by atoms with van der Waals surface area (Å²) in [5.74, 6) is 0.656. The number of aliphatic hydroxyl groups excluding tert-OH is 1. The van der Waals surface area contributed by atoms with E-state index < -0.39 is 0 Å². The number of hydrogen-bond donors (Lipinski definition) is 2. The maximum atomic E-state index is 8.86. The van der Waals surface area contributed by atoms with E-state index in [9.17, 15) is 0 Å². The van der Waals surface area contributed by atoms with E-state index in [1.54, 1.807) is 4.68 Å². The highest BCUT2D eigenvalue weighted by Crippen LogP contribution is 2.26. The molecule has 5 heteroatoms. The Kier molecular flexibility index (Phi) is 3.99. The van der Waals surface area contributed by atoms with Crippen molar-refractivity contribution in [3.63, 3.8) is 0 Å². The number of nitrogens with zero attached hydrogens (tertiary/aromatic N) is 2. The normalized spacial score (nSPS) is 12.1. The summed E-state index contributed by atoms with van der Waals surface area (Å²) in [5, 5.41) is 13.3. The first kappa shape index (κ1) is 12.8. The van der Waals surface area contributed by atoms with E-state index in [0.717, 1.165) is 15.7 Å². The Morgan fingerprint density at radius 3 is 2.53 bits per heavy atom. The second-order valence-corrected chi connectivity index (χ2v) is 5.91. The second-order valence-electron chi connectivity index (χ2n) is 4.83. The highest BCUT2D eigenvalue weighted by atomic mass is 127. The summed E-state index contributed by atoms with van der Waals surface area (Å²) in [7, 11) is 0.